The van der Waals surface area contributed by atoms with Gasteiger partial charge in [-0.05, 0) is 50.2 Å². The minimum atomic E-state index is -0.00573. The maximum atomic E-state index is 12.6. The lowest BCUT2D eigenvalue weighted by molar-refractivity contribution is -0.130. The predicted molar refractivity (Wildman–Crippen MR) is 82.6 cm³/mol. The van der Waals surface area contributed by atoms with Crippen molar-refractivity contribution in [2.45, 2.75) is 52.2 Å². The molecular weight excluding hydrogens is 268 g/mol. The molecule has 1 aliphatic carbocycles. The molecule has 1 N–H and O–H groups in total. The molecule has 1 aromatic heterocycles. The molecule has 0 bridgehead atoms. The molecule has 1 aliphatic heterocycles. The average Bonchev–Trinajstić information content (AvgIpc) is 3.13. The van der Waals surface area contributed by atoms with E-state index in [2.05, 4.69) is 43.1 Å². The molecule has 3 atom stereocenters. The summed E-state index contributed by atoms with van der Waals surface area (Å²) in [5.41, 5.74) is 0. The van der Waals surface area contributed by atoms with Gasteiger partial charge in [-0.1, -0.05) is 13.8 Å². The number of carbonyl (C=O) groups excluding carboxylic acids is 1. The fourth-order valence-electron chi connectivity index (χ4n) is 3.13. The van der Waals surface area contributed by atoms with E-state index in [1.807, 2.05) is 0 Å². The number of hydrogen-bond donors (Lipinski definition) is 1. The summed E-state index contributed by atoms with van der Waals surface area (Å²) in [7, 11) is 0. The summed E-state index contributed by atoms with van der Waals surface area (Å²) in [6.07, 6.45) is 3.65. The van der Waals surface area contributed by atoms with Gasteiger partial charge in [0.25, 0.3) is 0 Å². The van der Waals surface area contributed by atoms with Crippen molar-refractivity contribution in [2.24, 2.45) is 11.8 Å². The van der Waals surface area contributed by atoms with E-state index in [0.717, 1.165) is 18.9 Å². The van der Waals surface area contributed by atoms with Crippen LogP contribution in [0.15, 0.2) is 12.1 Å². The largest absolute Gasteiger partial charge is 0.320 e. The van der Waals surface area contributed by atoms with E-state index in [-0.39, 0.29) is 18.1 Å². The van der Waals surface area contributed by atoms with E-state index >= 15 is 0 Å². The van der Waals surface area contributed by atoms with Crippen molar-refractivity contribution in [3.63, 3.8) is 0 Å². The zero-order valence-electron chi connectivity index (χ0n) is 12.6. The highest BCUT2D eigenvalue weighted by Crippen LogP contribution is 2.39. The van der Waals surface area contributed by atoms with Crippen molar-refractivity contribution in [1.29, 1.82) is 0 Å². The quantitative estimate of drug-likeness (QED) is 0.903. The minimum Gasteiger partial charge on any atom is -0.320 e. The Morgan fingerprint density at radius 2 is 2.20 bits per heavy atom. The second kappa shape index (κ2) is 5.49. The van der Waals surface area contributed by atoms with Gasteiger partial charge in [0.1, 0.15) is 6.17 Å². The van der Waals surface area contributed by atoms with Crippen LogP contribution in [0.4, 0.5) is 0 Å². The third-order valence-electron chi connectivity index (χ3n) is 4.60. The zero-order chi connectivity index (χ0) is 14.3. The molecule has 110 valence electrons. The van der Waals surface area contributed by atoms with Gasteiger partial charge in [-0.15, -0.1) is 11.3 Å². The Balaban J connectivity index is 1.79. The van der Waals surface area contributed by atoms with Gasteiger partial charge in [-0.2, -0.15) is 0 Å². The van der Waals surface area contributed by atoms with Crippen molar-refractivity contribution in [2.75, 3.05) is 6.54 Å². The van der Waals surface area contributed by atoms with Crippen LogP contribution in [0.25, 0.3) is 0 Å². The topological polar surface area (TPSA) is 32.3 Å². The molecule has 0 aromatic carbocycles. The molecule has 4 heteroatoms. The highest BCUT2D eigenvalue weighted by atomic mass is 32.1. The third-order valence-corrected chi connectivity index (χ3v) is 5.66. The Hall–Kier alpha value is -0.870. The minimum absolute atomic E-state index is 0.00573. The Morgan fingerprint density at radius 3 is 2.75 bits per heavy atom. The molecule has 3 unspecified atom stereocenters. The van der Waals surface area contributed by atoms with Crippen LogP contribution in [-0.4, -0.2) is 23.4 Å². The van der Waals surface area contributed by atoms with Gasteiger partial charge in [-0.3, -0.25) is 10.1 Å². The Bertz CT molecular complexity index is 494. The summed E-state index contributed by atoms with van der Waals surface area (Å²) in [6.45, 7) is 7.40. The Morgan fingerprint density at radius 1 is 1.45 bits per heavy atom. The molecule has 1 aromatic rings. The van der Waals surface area contributed by atoms with Crippen LogP contribution in [0.2, 0.25) is 0 Å². The Kier molecular flexibility index (Phi) is 3.87. The van der Waals surface area contributed by atoms with Crippen LogP contribution in [0.3, 0.4) is 0 Å². The summed E-state index contributed by atoms with van der Waals surface area (Å²) in [4.78, 5) is 17.2. The van der Waals surface area contributed by atoms with Crippen LogP contribution in [-0.2, 0) is 4.79 Å². The van der Waals surface area contributed by atoms with E-state index in [9.17, 15) is 4.79 Å². The molecule has 2 aliphatic rings. The molecule has 2 fully saturated rings. The fourth-order valence-corrected chi connectivity index (χ4v) is 4.08. The summed E-state index contributed by atoms with van der Waals surface area (Å²) in [5, 5.41) is 3.52. The zero-order valence-corrected chi connectivity index (χ0v) is 13.4. The van der Waals surface area contributed by atoms with E-state index in [0.29, 0.717) is 5.92 Å². The first-order valence-electron chi connectivity index (χ1n) is 7.73. The number of hydrogen-bond acceptors (Lipinski definition) is 3. The number of carbonyl (C=O) groups is 1. The van der Waals surface area contributed by atoms with Crippen LogP contribution in [0.5, 0.6) is 0 Å². The Labute approximate surface area is 125 Å². The molecular formula is C16H24N2OS. The number of nitrogens with zero attached hydrogens (tertiary/aromatic N) is 1. The van der Waals surface area contributed by atoms with Crippen LogP contribution < -0.4 is 5.32 Å². The lowest BCUT2D eigenvalue weighted by Gasteiger charge is -2.26. The lowest BCUT2D eigenvalue weighted by atomic mass is 10.1. The first kappa shape index (κ1) is 14.1. The van der Waals surface area contributed by atoms with Gasteiger partial charge in [-0.25, -0.2) is 0 Å². The van der Waals surface area contributed by atoms with Gasteiger partial charge >= 0.3 is 0 Å². The summed E-state index contributed by atoms with van der Waals surface area (Å²) >= 11 is 1.80. The van der Waals surface area contributed by atoms with E-state index in [1.165, 1.54) is 22.6 Å². The van der Waals surface area contributed by atoms with Crippen LogP contribution >= 0.6 is 11.3 Å². The van der Waals surface area contributed by atoms with Crippen molar-refractivity contribution < 1.29 is 4.79 Å². The summed E-state index contributed by atoms with van der Waals surface area (Å²) < 4.78 is 0. The average molecular weight is 292 g/mol. The van der Waals surface area contributed by atoms with E-state index in [4.69, 9.17) is 0 Å². The van der Waals surface area contributed by atoms with Gasteiger partial charge in [0.15, 0.2) is 0 Å². The number of rotatable bonds is 5. The highest BCUT2D eigenvalue weighted by Gasteiger charge is 2.41. The van der Waals surface area contributed by atoms with Crippen molar-refractivity contribution in [3.8, 4) is 0 Å². The smallest absolute Gasteiger partial charge is 0.241 e. The second-order valence-corrected chi connectivity index (χ2v) is 7.60. The third kappa shape index (κ3) is 2.63. The lowest BCUT2D eigenvalue weighted by Crippen LogP contribution is -2.35. The normalized spacial score (nSPS) is 28.1. The molecule has 0 radical (unpaired) electrons. The van der Waals surface area contributed by atoms with Crippen molar-refractivity contribution in [3.05, 3.63) is 21.9 Å². The maximum absolute atomic E-state index is 12.6. The van der Waals surface area contributed by atoms with E-state index in [1.54, 1.807) is 11.3 Å². The number of aryl methyl sites for hydroxylation is 1. The van der Waals surface area contributed by atoms with Gasteiger partial charge in [0.2, 0.25) is 5.91 Å². The monoisotopic (exact) mass is 292 g/mol. The van der Waals surface area contributed by atoms with Gasteiger partial charge in [0.05, 0.1) is 6.04 Å². The van der Waals surface area contributed by atoms with E-state index < -0.39 is 0 Å². The fraction of sp³-hybridized carbons (Fsp3) is 0.688. The van der Waals surface area contributed by atoms with Gasteiger partial charge in [0, 0.05) is 16.3 Å². The maximum Gasteiger partial charge on any atom is 0.241 e. The molecule has 3 nitrogen and oxygen atoms in total. The SMILES string of the molecule is CCC1NC(c2ccc(C)s2)N(CC(C)C2CC2)C1=O. The first-order valence-corrected chi connectivity index (χ1v) is 8.54. The number of thiophene rings is 1. The summed E-state index contributed by atoms with van der Waals surface area (Å²) in [5.74, 6) is 1.75. The molecule has 20 heavy (non-hydrogen) atoms. The molecule has 1 saturated heterocycles. The molecule has 1 saturated carbocycles. The molecule has 3 rings (SSSR count). The standard InChI is InChI=1S/C16H24N2OS/c1-4-13-16(19)18(9-10(2)12-6-7-12)15(17-13)14-8-5-11(3)20-14/h5,8,10,12-13,15,17H,4,6-7,9H2,1-3H3. The van der Waals surface area contributed by atoms with Crippen LogP contribution in [0, 0.1) is 18.8 Å². The van der Waals surface area contributed by atoms with Crippen molar-refractivity contribution >= 4 is 17.2 Å². The van der Waals surface area contributed by atoms with Gasteiger partial charge < -0.3 is 4.90 Å². The molecule has 2 heterocycles. The molecule has 1 amide bonds. The van der Waals surface area contributed by atoms with Crippen LogP contribution in [0.1, 0.15) is 49.0 Å². The second-order valence-electron chi connectivity index (χ2n) is 6.28. The summed E-state index contributed by atoms with van der Waals surface area (Å²) in [6, 6.07) is 4.31. The van der Waals surface area contributed by atoms with Crippen molar-refractivity contribution in [1.82, 2.24) is 10.2 Å². The number of amides is 1. The molecule has 0 spiro atoms. The number of nitrogens with one attached hydrogen (secondary N) is 1. The first-order chi connectivity index (χ1) is 9.60. The highest BCUT2D eigenvalue weighted by molar-refractivity contribution is 7.12. The predicted octanol–water partition coefficient (Wildman–Crippen LogP) is 3.31.